The van der Waals surface area contributed by atoms with E-state index in [1.165, 1.54) is 4.90 Å². The van der Waals surface area contributed by atoms with Gasteiger partial charge < -0.3 is 10.2 Å². The lowest BCUT2D eigenvalue weighted by Gasteiger charge is -2.33. The van der Waals surface area contributed by atoms with E-state index in [4.69, 9.17) is 0 Å². The molecule has 2 amide bonds. The number of alkyl halides is 3. The normalized spacial score (nSPS) is 19.5. The summed E-state index contributed by atoms with van der Waals surface area (Å²) >= 11 is 0. The van der Waals surface area contributed by atoms with Crippen LogP contribution in [0.2, 0.25) is 0 Å². The predicted octanol–water partition coefficient (Wildman–Crippen LogP) is 4.11. The smallest absolute Gasteiger partial charge is 0.324 e. The van der Waals surface area contributed by atoms with Gasteiger partial charge in [-0.05, 0) is 43.9 Å². The highest BCUT2D eigenvalue weighted by Gasteiger charge is 2.42. The van der Waals surface area contributed by atoms with Crippen molar-refractivity contribution in [3.63, 3.8) is 0 Å². The highest BCUT2D eigenvalue weighted by molar-refractivity contribution is 5.90. The number of nitrogens with zero attached hydrogens (tertiary/aromatic N) is 1. The van der Waals surface area contributed by atoms with Crippen LogP contribution in [-0.2, 0) is 0 Å². The quantitative estimate of drug-likeness (QED) is 0.831. The molecule has 3 nitrogen and oxygen atoms in total. The number of rotatable bonds is 1. The Labute approximate surface area is 122 Å². The summed E-state index contributed by atoms with van der Waals surface area (Å²) in [6.45, 7) is 3.85. The number of nitrogens with one attached hydrogen (secondary N) is 1. The van der Waals surface area contributed by atoms with Crippen molar-refractivity contribution in [3.05, 3.63) is 29.3 Å². The van der Waals surface area contributed by atoms with Gasteiger partial charge in [-0.25, -0.2) is 4.79 Å². The number of aryl methyl sites for hydroxylation is 2. The van der Waals surface area contributed by atoms with Gasteiger partial charge in [0.2, 0.25) is 0 Å². The molecule has 1 atom stereocenters. The number of halogens is 3. The van der Waals surface area contributed by atoms with E-state index in [1.807, 2.05) is 32.0 Å². The van der Waals surface area contributed by atoms with Crippen molar-refractivity contribution in [1.29, 1.82) is 0 Å². The number of piperidine rings is 1. The van der Waals surface area contributed by atoms with Gasteiger partial charge in [0.25, 0.3) is 0 Å². The Morgan fingerprint density at radius 2 is 2.05 bits per heavy atom. The lowest BCUT2D eigenvalue weighted by molar-refractivity contribution is -0.183. The molecule has 1 heterocycles. The summed E-state index contributed by atoms with van der Waals surface area (Å²) in [7, 11) is 0. The Morgan fingerprint density at radius 1 is 1.33 bits per heavy atom. The van der Waals surface area contributed by atoms with Gasteiger partial charge in [0.05, 0.1) is 5.92 Å². The number of carbonyl (C=O) groups excluding carboxylic acids is 1. The molecule has 21 heavy (non-hydrogen) atoms. The van der Waals surface area contributed by atoms with Crippen LogP contribution in [0, 0.1) is 19.8 Å². The van der Waals surface area contributed by atoms with E-state index >= 15 is 0 Å². The monoisotopic (exact) mass is 300 g/mol. The number of benzene rings is 1. The Morgan fingerprint density at radius 3 is 2.71 bits per heavy atom. The molecule has 1 aliphatic heterocycles. The second-order valence-electron chi connectivity index (χ2n) is 5.58. The zero-order chi connectivity index (χ0) is 15.6. The van der Waals surface area contributed by atoms with Crippen molar-refractivity contribution >= 4 is 11.7 Å². The van der Waals surface area contributed by atoms with Gasteiger partial charge in [-0.3, -0.25) is 0 Å². The third kappa shape index (κ3) is 3.89. The van der Waals surface area contributed by atoms with Gasteiger partial charge >= 0.3 is 12.2 Å². The van der Waals surface area contributed by atoms with Crippen molar-refractivity contribution in [1.82, 2.24) is 4.90 Å². The Bertz CT molecular complexity index is 528. The van der Waals surface area contributed by atoms with Crippen LogP contribution in [0.15, 0.2) is 18.2 Å². The number of hydrogen-bond acceptors (Lipinski definition) is 1. The molecule has 2 rings (SSSR count). The molecule has 0 saturated carbocycles. The molecule has 1 aromatic carbocycles. The van der Waals surface area contributed by atoms with E-state index in [-0.39, 0.29) is 13.0 Å². The maximum absolute atomic E-state index is 12.8. The van der Waals surface area contributed by atoms with E-state index in [1.54, 1.807) is 0 Å². The minimum Gasteiger partial charge on any atom is -0.324 e. The van der Waals surface area contributed by atoms with Crippen LogP contribution in [-0.4, -0.2) is 30.2 Å². The second-order valence-corrected chi connectivity index (χ2v) is 5.58. The number of hydrogen-bond donors (Lipinski definition) is 1. The average Bonchev–Trinajstić information content (AvgIpc) is 2.42. The van der Waals surface area contributed by atoms with Crippen molar-refractivity contribution in [2.24, 2.45) is 5.92 Å². The van der Waals surface area contributed by atoms with Crippen molar-refractivity contribution in [3.8, 4) is 0 Å². The molecule has 0 aromatic heterocycles. The molecule has 116 valence electrons. The van der Waals surface area contributed by atoms with E-state index in [2.05, 4.69) is 5.32 Å². The zero-order valence-electron chi connectivity index (χ0n) is 12.1. The largest absolute Gasteiger partial charge is 0.393 e. The SMILES string of the molecule is Cc1ccc(C)c(NC(=O)N2CCC[C@@H](C(F)(F)F)C2)c1. The number of carbonyl (C=O) groups is 1. The fourth-order valence-electron chi connectivity index (χ4n) is 2.49. The van der Waals surface area contributed by atoms with Gasteiger partial charge in [-0.1, -0.05) is 12.1 Å². The third-order valence-corrected chi connectivity index (χ3v) is 3.81. The van der Waals surface area contributed by atoms with Gasteiger partial charge in [-0.2, -0.15) is 13.2 Å². The molecule has 1 aliphatic rings. The lowest BCUT2D eigenvalue weighted by Crippen LogP contribution is -2.46. The Hall–Kier alpha value is -1.72. The molecule has 0 unspecified atom stereocenters. The summed E-state index contributed by atoms with van der Waals surface area (Å²) in [6.07, 6.45) is -3.76. The first-order valence-corrected chi connectivity index (χ1v) is 6.97. The molecule has 1 aromatic rings. The van der Waals surface area contributed by atoms with Crippen LogP contribution in [0.25, 0.3) is 0 Å². The molecular formula is C15H19F3N2O. The van der Waals surface area contributed by atoms with Crippen LogP contribution in [0.1, 0.15) is 24.0 Å². The molecule has 6 heteroatoms. The topological polar surface area (TPSA) is 32.3 Å². The van der Waals surface area contributed by atoms with Crippen LogP contribution in [0.4, 0.5) is 23.7 Å². The first kappa shape index (κ1) is 15.7. The van der Waals surface area contributed by atoms with Crippen LogP contribution in [0.3, 0.4) is 0 Å². The standard InChI is InChI=1S/C15H19F3N2O/c1-10-5-6-11(2)13(8-10)19-14(21)20-7-3-4-12(9-20)15(16,17)18/h5-6,8,12H,3-4,7,9H2,1-2H3,(H,19,21)/t12-/m1/s1. The van der Waals surface area contributed by atoms with Gasteiger partial charge in [-0.15, -0.1) is 0 Å². The number of anilines is 1. The molecule has 0 radical (unpaired) electrons. The van der Waals surface area contributed by atoms with E-state index in [9.17, 15) is 18.0 Å². The van der Waals surface area contributed by atoms with Gasteiger partial charge in [0.1, 0.15) is 0 Å². The summed E-state index contributed by atoms with van der Waals surface area (Å²) in [5.74, 6) is -1.42. The Balaban J connectivity index is 2.04. The van der Waals surface area contributed by atoms with E-state index in [0.29, 0.717) is 18.7 Å². The summed E-state index contributed by atoms with van der Waals surface area (Å²) < 4.78 is 38.3. The third-order valence-electron chi connectivity index (χ3n) is 3.81. The maximum Gasteiger partial charge on any atom is 0.393 e. The molecule has 1 N–H and O–H groups in total. The van der Waals surface area contributed by atoms with Crippen LogP contribution < -0.4 is 5.32 Å². The highest BCUT2D eigenvalue weighted by atomic mass is 19.4. The van der Waals surface area contributed by atoms with Crippen molar-refractivity contribution in [2.45, 2.75) is 32.9 Å². The van der Waals surface area contributed by atoms with Crippen molar-refractivity contribution < 1.29 is 18.0 Å². The summed E-state index contributed by atoms with van der Waals surface area (Å²) in [5.41, 5.74) is 2.52. The fourth-order valence-corrected chi connectivity index (χ4v) is 2.49. The molecule has 0 bridgehead atoms. The number of likely N-dealkylation sites (tertiary alicyclic amines) is 1. The number of amides is 2. The van der Waals surface area contributed by atoms with Crippen molar-refractivity contribution in [2.75, 3.05) is 18.4 Å². The predicted molar refractivity (Wildman–Crippen MR) is 75.3 cm³/mol. The first-order chi connectivity index (χ1) is 9.77. The summed E-state index contributed by atoms with van der Waals surface area (Å²) in [4.78, 5) is 13.4. The maximum atomic E-state index is 12.8. The van der Waals surface area contributed by atoms with Gasteiger partial charge in [0.15, 0.2) is 0 Å². The number of urea groups is 1. The summed E-state index contributed by atoms with van der Waals surface area (Å²) in [6, 6.07) is 5.15. The van der Waals surface area contributed by atoms with E-state index in [0.717, 1.165) is 11.1 Å². The molecule has 1 fully saturated rings. The molecular weight excluding hydrogens is 281 g/mol. The lowest BCUT2D eigenvalue weighted by atomic mass is 9.98. The summed E-state index contributed by atoms with van der Waals surface area (Å²) in [5, 5.41) is 2.71. The van der Waals surface area contributed by atoms with Crippen LogP contribution in [0.5, 0.6) is 0 Å². The molecule has 0 aliphatic carbocycles. The van der Waals surface area contributed by atoms with Gasteiger partial charge in [0, 0.05) is 18.8 Å². The minimum atomic E-state index is -4.24. The second kappa shape index (κ2) is 5.95. The average molecular weight is 300 g/mol. The van der Waals surface area contributed by atoms with Crippen LogP contribution >= 0.6 is 0 Å². The highest BCUT2D eigenvalue weighted by Crippen LogP contribution is 2.33. The molecule has 1 saturated heterocycles. The molecule has 0 spiro atoms. The zero-order valence-corrected chi connectivity index (χ0v) is 12.1. The van der Waals surface area contributed by atoms with E-state index < -0.39 is 18.1 Å². The fraction of sp³-hybridized carbons (Fsp3) is 0.533. The minimum absolute atomic E-state index is 0.0940. The first-order valence-electron chi connectivity index (χ1n) is 6.97. The Kier molecular flexibility index (Phi) is 4.44.